The fourth-order valence-electron chi connectivity index (χ4n) is 3.07. The lowest BCUT2D eigenvalue weighted by Gasteiger charge is -2.12. The second-order valence-electron chi connectivity index (χ2n) is 6.74. The number of nitrogens with zero attached hydrogens (tertiary/aromatic N) is 2. The first-order chi connectivity index (χ1) is 15.5. The van der Waals surface area contributed by atoms with Crippen molar-refractivity contribution in [1.29, 1.82) is 5.26 Å². The van der Waals surface area contributed by atoms with Crippen LogP contribution in [-0.2, 0) is 11.4 Å². The number of benzene rings is 3. The molecule has 0 aliphatic carbocycles. The van der Waals surface area contributed by atoms with Crippen LogP contribution in [0.15, 0.2) is 71.6 Å². The molecule has 0 bridgehead atoms. The fourth-order valence-corrected chi connectivity index (χ4v) is 4.28. The lowest BCUT2D eigenvalue weighted by molar-refractivity contribution is -0.113. The summed E-state index contributed by atoms with van der Waals surface area (Å²) in [4.78, 5) is 26.6. The maximum Gasteiger partial charge on any atom is 0.298 e. The molecule has 8 heteroatoms. The summed E-state index contributed by atoms with van der Waals surface area (Å²) in [5.74, 6) is 0.0395. The normalized spacial score (nSPS) is 14.7. The summed E-state index contributed by atoms with van der Waals surface area (Å²) in [6.07, 6.45) is 1.61. The topological polar surface area (TPSA) is 70.4 Å². The molecule has 1 aliphatic rings. The summed E-state index contributed by atoms with van der Waals surface area (Å²) >= 11 is 13.1. The van der Waals surface area contributed by atoms with Crippen LogP contribution >= 0.6 is 35.0 Å². The summed E-state index contributed by atoms with van der Waals surface area (Å²) in [6, 6.07) is 20.9. The van der Waals surface area contributed by atoms with Gasteiger partial charge >= 0.3 is 0 Å². The quantitative estimate of drug-likeness (QED) is 0.380. The highest BCUT2D eigenvalue weighted by atomic mass is 35.5. The molecule has 3 aromatic carbocycles. The number of nitriles is 1. The van der Waals surface area contributed by atoms with E-state index in [9.17, 15) is 14.9 Å². The van der Waals surface area contributed by atoms with Crippen molar-refractivity contribution < 1.29 is 14.3 Å². The van der Waals surface area contributed by atoms with Crippen LogP contribution in [0, 0.1) is 11.3 Å². The largest absolute Gasteiger partial charge is 0.487 e. The number of ether oxygens (including phenoxy) is 1. The zero-order valence-electron chi connectivity index (χ0n) is 16.4. The molecule has 0 N–H and O–H groups in total. The number of imide groups is 1. The summed E-state index contributed by atoms with van der Waals surface area (Å²) < 4.78 is 5.76. The monoisotopic (exact) mass is 480 g/mol. The highest BCUT2D eigenvalue weighted by Gasteiger charge is 2.36. The fraction of sp³-hybridized carbons (Fsp3) is 0.0417. The maximum atomic E-state index is 12.8. The van der Waals surface area contributed by atoms with Gasteiger partial charge < -0.3 is 4.74 Å². The zero-order valence-corrected chi connectivity index (χ0v) is 18.7. The number of thioether (sulfide) groups is 1. The summed E-state index contributed by atoms with van der Waals surface area (Å²) in [5, 5.41) is 9.67. The number of hydrogen-bond donors (Lipinski definition) is 0. The predicted molar refractivity (Wildman–Crippen MR) is 127 cm³/mol. The van der Waals surface area contributed by atoms with Crippen molar-refractivity contribution in [3.8, 4) is 11.8 Å². The molecule has 2 amide bonds. The molecule has 158 valence electrons. The Balaban J connectivity index is 1.50. The van der Waals surface area contributed by atoms with Gasteiger partial charge in [0, 0.05) is 10.6 Å². The van der Waals surface area contributed by atoms with Crippen LogP contribution in [-0.4, -0.2) is 11.1 Å². The van der Waals surface area contributed by atoms with Crippen molar-refractivity contribution in [3.63, 3.8) is 0 Å². The van der Waals surface area contributed by atoms with E-state index in [1.54, 1.807) is 60.7 Å². The lowest BCUT2D eigenvalue weighted by Crippen LogP contribution is -2.27. The van der Waals surface area contributed by atoms with Crippen LogP contribution in [0.2, 0.25) is 10.0 Å². The van der Waals surface area contributed by atoms with Crippen molar-refractivity contribution in [2.75, 3.05) is 4.90 Å². The van der Waals surface area contributed by atoms with Crippen molar-refractivity contribution >= 4 is 57.9 Å². The van der Waals surface area contributed by atoms with E-state index < -0.39 is 5.91 Å². The SMILES string of the molecule is N#Cc1ccccc1COc1ccc(/C=C2\SC(=O)N(c3ccc(Cl)cc3)C2=O)cc1Cl. The molecule has 1 saturated heterocycles. The van der Waals surface area contributed by atoms with E-state index in [1.165, 1.54) is 0 Å². The van der Waals surface area contributed by atoms with Gasteiger partial charge in [-0.25, -0.2) is 4.90 Å². The second kappa shape index (κ2) is 9.49. The summed E-state index contributed by atoms with van der Waals surface area (Å²) in [6.45, 7) is 0.197. The van der Waals surface area contributed by atoms with Crippen LogP contribution in [0.4, 0.5) is 10.5 Å². The van der Waals surface area contributed by atoms with Crippen molar-refractivity contribution in [2.24, 2.45) is 0 Å². The Morgan fingerprint density at radius 2 is 1.78 bits per heavy atom. The average molecular weight is 481 g/mol. The first-order valence-electron chi connectivity index (χ1n) is 9.40. The molecule has 1 aliphatic heterocycles. The molecule has 1 fully saturated rings. The number of rotatable bonds is 5. The molecule has 0 unspecified atom stereocenters. The highest BCUT2D eigenvalue weighted by Crippen LogP contribution is 2.37. The lowest BCUT2D eigenvalue weighted by atomic mass is 10.1. The Kier molecular flexibility index (Phi) is 6.52. The van der Waals surface area contributed by atoms with Gasteiger partial charge in [-0.2, -0.15) is 5.26 Å². The van der Waals surface area contributed by atoms with Crippen molar-refractivity contribution in [2.45, 2.75) is 6.61 Å². The smallest absolute Gasteiger partial charge is 0.298 e. The molecule has 0 atom stereocenters. The summed E-state index contributed by atoms with van der Waals surface area (Å²) in [7, 11) is 0. The molecule has 0 radical (unpaired) electrons. The van der Waals surface area contributed by atoms with Gasteiger partial charge in [-0.1, -0.05) is 47.5 Å². The summed E-state index contributed by atoms with van der Waals surface area (Å²) in [5.41, 5.74) is 2.41. The molecule has 0 aromatic heterocycles. The minimum absolute atomic E-state index is 0.197. The number of halogens is 2. The first kappa shape index (κ1) is 22.0. The molecule has 32 heavy (non-hydrogen) atoms. The third-order valence-corrected chi connectivity index (χ3v) is 6.07. The number of hydrogen-bond acceptors (Lipinski definition) is 5. The minimum atomic E-state index is -0.410. The third-order valence-electron chi connectivity index (χ3n) is 4.65. The number of carbonyl (C=O) groups is 2. The minimum Gasteiger partial charge on any atom is -0.487 e. The van der Waals surface area contributed by atoms with Crippen molar-refractivity contribution in [3.05, 3.63) is 98.4 Å². The second-order valence-corrected chi connectivity index (χ2v) is 8.58. The van der Waals surface area contributed by atoms with Gasteiger partial charge in [-0.15, -0.1) is 0 Å². The molecular weight excluding hydrogens is 467 g/mol. The van der Waals surface area contributed by atoms with Gasteiger partial charge in [-0.3, -0.25) is 9.59 Å². The van der Waals surface area contributed by atoms with E-state index in [2.05, 4.69) is 6.07 Å². The van der Waals surface area contributed by atoms with E-state index in [0.717, 1.165) is 22.2 Å². The van der Waals surface area contributed by atoms with Crippen molar-refractivity contribution in [1.82, 2.24) is 0 Å². The van der Waals surface area contributed by atoms with E-state index in [4.69, 9.17) is 27.9 Å². The van der Waals surface area contributed by atoms with Crippen LogP contribution in [0.1, 0.15) is 16.7 Å². The Hall–Kier alpha value is -3.24. The van der Waals surface area contributed by atoms with Crippen LogP contribution in [0.25, 0.3) is 6.08 Å². The highest BCUT2D eigenvalue weighted by molar-refractivity contribution is 8.19. The Bertz CT molecular complexity index is 1280. The number of amides is 2. The molecule has 1 heterocycles. The van der Waals surface area contributed by atoms with E-state index in [1.807, 2.05) is 12.1 Å². The molecular formula is C24H14Cl2N2O3S. The standard InChI is InChI=1S/C24H14Cl2N2O3S/c25-18-6-8-19(9-7-18)28-23(29)22(32-24(28)30)12-15-5-10-21(20(26)11-15)31-14-17-4-2-1-3-16(17)13-27/h1-12H,14H2/b22-12-. The third kappa shape index (κ3) is 4.66. The van der Waals surface area contributed by atoms with Gasteiger partial charge in [-0.05, 0) is 65.9 Å². The molecule has 0 spiro atoms. The molecule has 0 saturated carbocycles. The average Bonchev–Trinajstić information content (AvgIpc) is 3.07. The Morgan fingerprint density at radius 3 is 2.50 bits per heavy atom. The van der Waals surface area contributed by atoms with Crippen LogP contribution in [0.3, 0.4) is 0 Å². The zero-order chi connectivity index (χ0) is 22.7. The molecule has 3 aromatic rings. The Morgan fingerprint density at radius 1 is 1.03 bits per heavy atom. The van der Waals surface area contributed by atoms with E-state index >= 15 is 0 Å². The van der Waals surface area contributed by atoms with Gasteiger partial charge in [0.25, 0.3) is 11.1 Å². The predicted octanol–water partition coefficient (Wildman–Crippen LogP) is 6.68. The maximum absolute atomic E-state index is 12.8. The van der Waals surface area contributed by atoms with Gasteiger partial charge in [0.15, 0.2) is 0 Å². The van der Waals surface area contributed by atoms with Crippen LogP contribution in [0.5, 0.6) is 5.75 Å². The van der Waals surface area contributed by atoms with E-state index in [-0.39, 0.29) is 16.8 Å². The number of anilines is 1. The Labute approximate surface area is 198 Å². The number of carbonyl (C=O) groups excluding carboxylic acids is 2. The van der Waals surface area contributed by atoms with Gasteiger partial charge in [0.2, 0.25) is 0 Å². The van der Waals surface area contributed by atoms with Gasteiger partial charge in [0.1, 0.15) is 12.4 Å². The van der Waals surface area contributed by atoms with Gasteiger partial charge in [0.05, 0.1) is 27.2 Å². The van der Waals surface area contributed by atoms with Crippen LogP contribution < -0.4 is 9.64 Å². The molecule has 5 nitrogen and oxygen atoms in total. The molecule has 4 rings (SSSR count). The first-order valence-corrected chi connectivity index (χ1v) is 11.0. The van der Waals surface area contributed by atoms with E-state index in [0.29, 0.717) is 32.6 Å².